The van der Waals surface area contributed by atoms with Gasteiger partial charge in [0.05, 0.1) is 31.8 Å². The van der Waals surface area contributed by atoms with Crippen molar-refractivity contribution in [3.63, 3.8) is 0 Å². The van der Waals surface area contributed by atoms with E-state index in [1.54, 1.807) is 0 Å². The summed E-state index contributed by atoms with van der Waals surface area (Å²) in [6, 6.07) is 0. The number of nitrogens with zero attached hydrogens (tertiary/aromatic N) is 2. The first-order chi connectivity index (χ1) is 21.2. The normalized spacial score (nSPS) is 13.4. The van der Waals surface area contributed by atoms with E-state index in [1.807, 2.05) is 0 Å². The van der Waals surface area contributed by atoms with Gasteiger partial charge in [-0.2, -0.15) is 0 Å². The molecule has 0 radical (unpaired) electrons. The fourth-order valence-electron chi connectivity index (χ4n) is 3.75. The van der Waals surface area contributed by atoms with Gasteiger partial charge in [-0.15, -0.1) is 23.2 Å². The van der Waals surface area contributed by atoms with E-state index in [-0.39, 0.29) is 67.2 Å². The summed E-state index contributed by atoms with van der Waals surface area (Å²) >= 11 is 9.53. The SMILES string of the molecule is CC(=O)OCC(CCCN1C(=O)C=CC1=O)COC(C)=O.CC(=O)OCC(CCCN1C(=O)C=CC1=O)COC(C)=O.ClCCl. The molecule has 0 spiro atoms. The van der Waals surface area contributed by atoms with E-state index >= 15 is 0 Å². The van der Waals surface area contributed by atoms with E-state index in [9.17, 15) is 38.4 Å². The molecule has 0 aromatic rings. The number of alkyl halides is 2. The molecule has 0 aromatic carbocycles. The third-order valence-corrected chi connectivity index (χ3v) is 5.88. The van der Waals surface area contributed by atoms with E-state index in [0.717, 1.165) is 9.80 Å². The molecule has 4 amide bonds. The maximum Gasteiger partial charge on any atom is 0.302 e. The van der Waals surface area contributed by atoms with E-state index < -0.39 is 23.9 Å². The number of hydrogen-bond acceptors (Lipinski definition) is 12. The Bertz CT molecular complexity index is 953. The maximum atomic E-state index is 11.4. The molecule has 14 nitrogen and oxygen atoms in total. The van der Waals surface area contributed by atoms with E-state index in [2.05, 4.69) is 0 Å². The molecule has 0 N–H and O–H groups in total. The van der Waals surface area contributed by atoms with Crippen molar-refractivity contribution in [3.05, 3.63) is 24.3 Å². The molecular weight excluding hydrogens is 639 g/mol. The molecule has 2 aliphatic heterocycles. The van der Waals surface area contributed by atoms with Gasteiger partial charge in [-0.05, 0) is 25.7 Å². The second kappa shape index (κ2) is 23.6. The average Bonchev–Trinajstić information content (AvgIpc) is 3.45. The van der Waals surface area contributed by atoms with Crippen LogP contribution in [0.5, 0.6) is 0 Å². The maximum absolute atomic E-state index is 11.4. The van der Waals surface area contributed by atoms with Crippen LogP contribution in [0, 0.1) is 11.8 Å². The zero-order chi connectivity index (χ0) is 34.4. The second-order valence-electron chi connectivity index (χ2n) is 9.65. The number of rotatable bonds is 16. The summed E-state index contributed by atoms with van der Waals surface area (Å²) in [6.45, 7) is 6.36. The Morgan fingerprint density at radius 2 is 0.778 bits per heavy atom. The fourth-order valence-corrected chi connectivity index (χ4v) is 3.75. The molecule has 0 saturated heterocycles. The molecule has 0 aromatic heterocycles. The van der Waals surface area contributed by atoms with Gasteiger partial charge in [0.1, 0.15) is 0 Å². The lowest BCUT2D eigenvalue weighted by Gasteiger charge is -2.18. The van der Waals surface area contributed by atoms with Crippen molar-refractivity contribution in [3.8, 4) is 0 Å². The number of amides is 4. The zero-order valence-electron chi connectivity index (χ0n) is 25.8. The molecule has 2 aliphatic rings. The van der Waals surface area contributed by atoms with Crippen LogP contribution in [-0.2, 0) is 57.3 Å². The lowest BCUT2D eigenvalue weighted by atomic mass is 10.1. The van der Waals surface area contributed by atoms with Gasteiger partial charge < -0.3 is 18.9 Å². The van der Waals surface area contributed by atoms with Gasteiger partial charge >= 0.3 is 23.9 Å². The molecule has 2 rings (SSSR count). The quantitative estimate of drug-likeness (QED) is 0.101. The van der Waals surface area contributed by atoms with Crippen LogP contribution >= 0.6 is 23.2 Å². The van der Waals surface area contributed by atoms with Crippen molar-refractivity contribution >= 4 is 70.7 Å². The van der Waals surface area contributed by atoms with Crippen molar-refractivity contribution in [2.24, 2.45) is 11.8 Å². The average molecular weight is 680 g/mol. The first kappa shape index (κ1) is 41.2. The van der Waals surface area contributed by atoms with Crippen LogP contribution in [0.3, 0.4) is 0 Å². The van der Waals surface area contributed by atoms with Crippen LogP contribution in [-0.4, -0.2) is 102 Å². The minimum absolute atomic E-state index is 0.142. The fraction of sp³-hybridized carbons (Fsp3) is 0.586. The summed E-state index contributed by atoms with van der Waals surface area (Å²) in [6.07, 6.45) is 7.16. The van der Waals surface area contributed by atoms with Crippen molar-refractivity contribution in [2.75, 3.05) is 44.9 Å². The number of halogens is 2. The van der Waals surface area contributed by atoms with Crippen LogP contribution in [0.2, 0.25) is 0 Å². The van der Waals surface area contributed by atoms with Crippen LogP contribution in [0.25, 0.3) is 0 Å². The van der Waals surface area contributed by atoms with Crippen LogP contribution in [0.1, 0.15) is 53.4 Å². The number of carbonyl (C=O) groups excluding carboxylic acids is 8. The van der Waals surface area contributed by atoms with Crippen molar-refractivity contribution in [2.45, 2.75) is 53.4 Å². The predicted octanol–water partition coefficient (Wildman–Crippen LogP) is 2.29. The standard InChI is InChI=1S/2C14H19NO6.CH2Cl2/c2*1-10(16)20-8-12(9-21-11(2)17)4-3-7-15-13(18)5-6-14(15)19;2-1-3/h2*5-6,12H,3-4,7-9H2,1-2H3;1H2. The summed E-state index contributed by atoms with van der Waals surface area (Å²) in [5, 5.41) is 0.194. The molecule has 252 valence electrons. The van der Waals surface area contributed by atoms with Crippen molar-refractivity contribution in [1.82, 2.24) is 9.80 Å². The minimum atomic E-state index is -0.406. The summed E-state index contributed by atoms with van der Waals surface area (Å²) < 4.78 is 19.6. The minimum Gasteiger partial charge on any atom is -0.465 e. The summed E-state index contributed by atoms with van der Waals surface area (Å²) in [7, 11) is 0. The molecule has 0 saturated carbocycles. The molecule has 45 heavy (non-hydrogen) atoms. The van der Waals surface area contributed by atoms with Crippen LogP contribution in [0.15, 0.2) is 24.3 Å². The lowest BCUT2D eigenvalue weighted by molar-refractivity contribution is -0.148. The largest absolute Gasteiger partial charge is 0.465 e. The van der Waals surface area contributed by atoms with E-state index in [4.69, 9.17) is 42.1 Å². The Balaban J connectivity index is 0.000000791. The summed E-state index contributed by atoms with van der Waals surface area (Å²) in [5.74, 6) is -3.22. The highest BCUT2D eigenvalue weighted by molar-refractivity contribution is 6.40. The van der Waals surface area contributed by atoms with Gasteiger partial charge in [-0.25, -0.2) is 0 Å². The number of hydrogen-bond donors (Lipinski definition) is 0. The molecule has 0 bridgehead atoms. The van der Waals surface area contributed by atoms with Crippen molar-refractivity contribution < 1.29 is 57.3 Å². The monoisotopic (exact) mass is 678 g/mol. The topological polar surface area (TPSA) is 180 Å². The third-order valence-electron chi connectivity index (χ3n) is 5.88. The molecule has 0 unspecified atom stereocenters. The highest BCUT2D eigenvalue weighted by Crippen LogP contribution is 2.13. The Morgan fingerprint density at radius 1 is 0.556 bits per heavy atom. The van der Waals surface area contributed by atoms with Crippen LogP contribution in [0.4, 0.5) is 0 Å². The molecule has 2 heterocycles. The summed E-state index contributed by atoms with van der Waals surface area (Å²) in [4.78, 5) is 91.1. The Labute approximate surface area is 271 Å². The summed E-state index contributed by atoms with van der Waals surface area (Å²) in [5.41, 5.74) is 0. The van der Waals surface area contributed by atoms with Crippen molar-refractivity contribution in [1.29, 1.82) is 0 Å². The van der Waals surface area contributed by atoms with E-state index in [1.165, 1.54) is 52.0 Å². The van der Waals surface area contributed by atoms with Gasteiger partial charge in [0, 0.05) is 76.9 Å². The Kier molecular flexibility index (Phi) is 21.6. The molecule has 0 aliphatic carbocycles. The molecule has 16 heteroatoms. The highest BCUT2D eigenvalue weighted by Gasteiger charge is 2.24. The molecule has 0 atom stereocenters. The van der Waals surface area contributed by atoms with Gasteiger partial charge in [-0.3, -0.25) is 48.2 Å². The second-order valence-corrected chi connectivity index (χ2v) is 10.5. The third kappa shape index (κ3) is 20.0. The first-order valence-electron chi connectivity index (χ1n) is 13.9. The highest BCUT2D eigenvalue weighted by atomic mass is 35.5. The lowest BCUT2D eigenvalue weighted by Crippen LogP contribution is -2.31. The van der Waals surface area contributed by atoms with Gasteiger partial charge in [0.2, 0.25) is 0 Å². The Morgan fingerprint density at radius 3 is 0.978 bits per heavy atom. The number of ether oxygens (including phenoxy) is 4. The zero-order valence-corrected chi connectivity index (χ0v) is 27.3. The molecular formula is C29H40Cl2N2O12. The van der Waals surface area contributed by atoms with Gasteiger partial charge in [-0.1, -0.05) is 0 Å². The van der Waals surface area contributed by atoms with E-state index in [0.29, 0.717) is 38.8 Å². The Hall–Kier alpha value is -3.78. The van der Waals surface area contributed by atoms with Crippen LogP contribution < -0.4 is 0 Å². The first-order valence-corrected chi connectivity index (χ1v) is 15.0. The molecule has 0 fully saturated rings. The number of imide groups is 2. The predicted molar refractivity (Wildman–Crippen MR) is 160 cm³/mol. The smallest absolute Gasteiger partial charge is 0.302 e. The van der Waals surface area contributed by atoms with Gasteiger partial charge in [0.15, 0.2) is 0 Å². The number of esters is 4. The number of carbonyl (C=O) groups is 8. The van der Waals surface area contributed by atoms with Gasteiger partial charge in [0.25, 0.3) is 23.6 Å².